The van der Waals surface area contributed by atoms with Crippen LogP contribution in [0.15, 0.2) is 24.3 Å². The van der Waals surface area contributed by atoms with Crippen LogP contribution < -0.4 is 10.2 Å². The van der Waals surface area contributed by atoms with Gasteiger partial charge in [-0.15, -0.1) is 0 Å². The van der Waals surface area contributed by atoms with Crippen molar-refractivity contribution >= 4 is 17.4 Å². The smallest absolute Gasteiger partial charge is 0.322 e. The number of piperazine rings is 1. The number of carbonyl (C=O) groups is 1. The van der Waals surface area contributed by atoms with E-state index in [0.29, 0.717) is 31.7 Å². The lowest BCUT2D eigenvalue weighted by molar-refractivity contribution is 0.208. The molecule has 0 saturated carbocycles. The van der Waals surface area contributed by atoms with E-state index < -0.39 is 0 Å². The van der Waals surface area contributed by atoms with Crippen molar-refractivity contribution in [1.29, 1.82) is 5.26 Å². The molecule has 0 spiro atoms. The van der Waals surface area contributed by atoms with E-state index in [1.165, 1.54) is 0 Å². The number of nitriles is 1. The van der Waals surface area contributed by atoms with Crippen LogP contribution in [0.3, 0.4) is 0 Å². The highest BCUT2D eigenvalue weighted by Gasteiger charge is 2.24. The zero-order valence-electron chi connectivity index (χ0n) is 16.2. The lowest BCUT2D eigenvalue weighted by atomic mass is 10.1. The lowest BCUT2D eigenvalue weighted by Crippen LogP contribution is -2.50. The van der Waals surface area contributed by atoms with Crippen LogP contribution in [0.5, 0.6) is 0 Å². The number of aryl methyl sites for hydroxylation is 2. The topological polar surface area (TPSA) is 77.2 Å². The normalized spacial score (nSPS) is 14.1. The first kappa shape index (κ1) is 18.8. The summed E-state index contributed by atoms with van der Waals surface area (Å²) in [4.78, 5) is 16.7. The van der Waals surface area contributed by atoms with Gasteiger partial charge in [0.1, 0.15) is 6.07 Å². The fourth-order valence-corrected chi connectivity index (χ4v) is 3.49. The molecule has 0 atom stereocenters. The summed E-state index contributed by atoms with van der Waals surface area (Å²) in [5.74, 6) is 0. The number of aromatic nitrogens is 2. The van der Waals surface area contributed by atoms with Crippen LogP contribution in [-0.2, 0) is 6.54 Å². The Kier molecular flexibility index (Phi) is 5.65. The summed E-state index contributed by atoms with van der Waals surface area (Å²) in [6, 6.07) is 9.75. The van der Waals surface area contributed by atoms with Gasteiger partial charge >= 0.3 is 6.03 Å². The Balaban J connectivity index is 1.63. The molecular formula is C20H26N6O. The van der Waals surface area contributed by atoms with Crippen molar-refractivity contribution in [2.24, 2.45) is 0 Å². The average molecular weight is 366 g/mol. The van der Waals surface area contributed by atoms with Crippen molar-refractivity contribution in [3.63, 3.8) is 0 Å². The van der Waals surface area contributed by atoms with E-state index in [4.69, 9.17) is 0 Å². The Bertz CT molecular complexity index is 858. The van der Waals surface area contributed by atoms with Gasteiger partial charge in [-0.05, 0) is 32.4 Å². The van der Waals surface area contributed by atoms with Crippen LogP contribution in [0.25, 0.3) is 0 Å². The molecule has 0 bridgehead atoms. The summed E-state index contributed by atoms with van der Waals surface area (Å²) in [6.45, 7) is 9.52. The van der Waals surface area contributed by atoms with Gasteiger partial charge in [0.05, 0.1) is 28.3 Å². The van der Waals surface area contributed by atoms with Crippen molar-refractivity contribution in [1.82, 2.24) is 14.7 Å². The number of nitrogens with one attached hydrogen (secondary N) is 1. The molecule has 7 heteroatoms. The van der Waals surface area contributed by atoms with Crippen molar-refractivity contribution in [2.45, 2.75) is 33.7 Å². The molecule has 27 heavy (non-hydrogen) atoms. The molecule has 3 rings (SSSR count). The molecule has 1 aromatic carbocycles. The minimum absolute atomic E-state index is 0.0922. The number of urea groups is 1. The van der Waals surface area contributed by atoms with Crippen LogP contribution in [0, 0.1) is 25.2 Å². The van der Waals surface area contributed by atoms with Crippen LogP contribution in [0.2, 0.25) is 0 Å². The molecule has 0 radical (unpaired) electrons. The molecule has 1 aromatic heterocycles. The Morgan fingerprint density at radius 3 is 2.59 bits per heavy atom. The molecule has 1 aliphatic rings. The van der Waals surface area contributed by atoms with Gasteiger partial charge in [0.25, 0.3) is 0 Å². The molecule has 2 aromatic rings. The summed E-state index contributed by atoms with van der Waals surface area (Å²) in [5, 5.41) is 16.8. The van der Waals surface area contributed by atoms with Gasteiger partial charge in [0.2, 0.25) is 0 Å². The molecule has 1 fully saturated rings. The molecule has 142 valence electrons. The fraction of sp³-hybridized carbons (Fsp3) is 0.450. The average Bonchev–Trinajstić information content (AvgIpc) is 2.96. The third-order valence-corrected chi connectivity index (χ3v) is 4.98. The molecular weight excluding hydrogens is 340 g/mol. The molecule has 2 amide bonds. The summed E-state index contributed by atoms with van der Waals surface area (Å²) in [6.07, 6.45) is 1.00. The molecule has 7 nitrogen and oxygen atoms in total. The van der Waals surface area contributed by atoms with Crippen molar-refractivity contribution < 1.29 is 4.79 Å². The third kappa shape index (κ3) is 3.90. The molecule has 1 saturated heterocycles. The molecule has 0 unspecified atom stereocenters. The fourth-order valence-electron chi connectivity index (χ4n) is 3.49. The van der Waals surface area contributed by atoms with Gasteiger partial charge in [-0.2, -0.15) is 10.4 Å². The SMILES string of the molecule is CCCn1nc(C)c(NC(=O)N2CCN(c3ccccc3C#N)CC2)c1C. The first-order chi connectivity index (χ1) is 13.0. The maximum atomic E-state index is 12.7. The summed E-state index contributed by atoms with van der Waals surface area (Å²) in [7, 11) is 0. The van der Waals surface area contributed by atoms with Crippen molar-refractivity contribution in [3.8, 4) is 6.07 Å². The van der Waals surface area contributed by atoms with E-state index in [0.717, 1.165) is 35.7 Å². The van der Waals surface area contributed by atoms with E-state index in [-0.39, 0.29) is 6.03 Å². The summed E-state index contributed by atoms with van der Waals surface area (Å²) < 4.78 is 1.95. The number of nitrogens with zero attached hydrogens (tertiary/aromatic N) is 5. The molecule has 2 heterocycles. The quantitative estimate of drug-likeness (QED) is 0.902. The Hall–Kier alpha value is -3.01. The number of para-hydroxylation sites is 1. The second-order valence-electron chi connectivity index (χ2n) is 6.80. The minimum atomic E-state index is -0.0922. The second-order valence-corrected chi connectivity index (χ2v) is 6.80. The van der Waals surface area contributed by atoms with Crippen LogP contribution in [-0.4, -0.2) is 46.9 Å². The summed E-state index contributed by atoms with van der Waals surface area (Å²) >= 11 is 0. The Morgan fingerprint density at radius 1 is 1.22 bits per heavy atom. The van der Waals surface area contributed by atoms with E-state index >= 15 is 0 Å². The van der Waals surface area contributed by atoms with Crippen molar-refractivity contribution in [3.05, 3.63) is 41.2 Å². The summed E-state index contributed by atoms with van der Waals surface area (Å²) in [5.41, 5.74) is 4.25. The standard InChI is InChI=1S/C20H26N6O/c1-4-9-26-16(3)19(15(2)23-26)22-20(27)25-12-10-24(11-13-25)18-8-6-5-7-17(18)14-21/h5-8H,4,9-13H2,1-3H3,(H,22,27). The number of carbonyl (C=O) groups excluding carboxylic acids is 1. The highest BCUT2D eigenvalue weighted by molar-refractivity contribution is 5.90. The van der Waals surface area contributed by atoms with Crippen LogP contribution in [0.4, 0.5) is 16.2 Å². The number of amides is 2. The predicted octanol–water partition coefficient (Wildman–Crippen LogP) is 3.14. The number of hydrogen-bond acceptors (Lipinski definition) is 4. The second kappa shape index (κ2) is 8.12. The Morgan fingerprint density at radius 2 is 1.93 bits per heavy atom. The zero-order valence-corrected chi connectivity index (χ0v) is 16.2. The monoisotopic (exact) mass is 366 g/mol. The number of rotatable bonds is 4. The maximum absolute atomic E-state index is 12.7. The van der Waals surface area contributed by atoms with Gasteiger partial charge in [-0.3, -0.25) is 4.68 Å². The largest absolute Gasteiger partial charge is 0.367 e. The van der Waals surface area contributed by atoms with Gasteiger partial charge in [-0.1, -0.05) is 19.1 Å². The number of hydrogen-bond donors (Lipinski definition) is 1. The van der Waals surface area contributed by atoms with Crippen molar-refractivity contribution in [2.75, 3.05) is 36.4 Å². The van der Waals surface area contributed by atoms with E-state index in [9.17, 15) is 10.1 Å². The van der Waals surface area contributed by atoms with Gasteiger partial charge in [-0.25, -0.2) is 4.79 Å². The lowest BCUT2D eigenvalue weighted by Gasteiger charge is -2.36. The van der Waals surface area contributed by atoms with Gasteiger partial charge in [0, 0.05) is 32.7 Å². The third-order valence-electron chi connectivity index (χ3n) is 4.98. The van der Waals surface area contributed by atoms with E-state index in [2.05, 4.69) is 28.3 Å². The molecule has 1 N–H and O–H groups in total. The number of benzene rings is 1. The predicted molar refractivity (Wildman–Crippen MR) is 106 cm³/mol. The Labute approximate surface area is 160 Å². The number of anilines is 2. The first-order valence-electron chi connectivity index (χ1n) is 9.39. The van der Waals surface area contributed by atoms with E-state index in [1.54, 1.807) is 0 Å². The first-order valence-corrected chi connectivity index (χ1v) is 9.39. The zero-order chi connectivity index (χ0) is 19.4. The molecule has 1 aliphatic heterocycles. The minimum Gasteiger partial charge on any atom is -0.367 e. The van der Waals surface area contributed by atoms with Gasteiger partial charge < -0.3 is 15.1 Å². The maximum Gasteiger partial charge on any atom is 0.322 e. The van der Waals surface area contributed by atoms with Gasteiger partial charge in [0.15, 0.2) is 0 Å². The highest BCUT2D eigenvalue weighted by atomic mass is 16.2. The van der Waals surface area contributed by atoms with Crippen LogP contribution >= 0.6 is 0 Å². The highest BCUT2D eigenvalue weighted by Crippen LogP contribution is 2.23. The molecule has 0 aliphatic carbocycles. The van der Waals surface area contributed by atoms with Crippen LogP contribution in [0.1, 0.15) is 30.3 Å². The van der Waals surface area contributed by atoms with E-state index in [1.807, 2.05) is 47.7 Å².